The summed E-state index contributed by atoms with van der Waals surface area (Å²) >= 11 is 0. The number of nitrogen functional groups attached to an aromatic ring is 1. The standard InChI is InChI=1S/C10H8FNO2S/c11-15(13,14)8-4-5-9-7(6-8)2-1-3-10(9)12/h1-6H,12H2. The van der Waals surface area contributed by atoms with Gasteiger partial charge in [-0.15, -0.1) is 3.89 Å². The maximum absolute atomic E-state index is 12.7. The normalized spacial score (nSPS) is 11.8. The van der Waals surface area contributed by atoms with Crippen LogP contribution in [0, 0.1) is 0 Å². The van der Waals surface area contributed by atoms with Gasteiger partial charge in [0.25, 0.3) is 0 Å². The number of hydrogen-bond donors (Lipinski definition) is 1. The van der Waals surface area contributed by atoms with Crippen molar-refractivity contribution >= 4 is 26.7 Å². The van der Waals surface area contributed by atoms with Gasteiger partial charge in [0.15, 0.2) is 0 Å². The molecule has 0 heterocycles. The monoisotopic (exact) mass is 225 g/mol. The van der Waals surface area contributed by atoms with E-state index in [0.29, 0.717) is 16.5 Å². The Bertz CT molecular complexity index is 622. The van der Waals surface area contributed by atoms with E-state index in [9.17, 15) is 12.3 Å². The van der Waals surface area contributed by atoms with Crippen LogP contribution in [-0.2, 0) is 10.2 Å². The lowest BCUT2D eigenvalue weighted by molar-refractivity contribution is 0.552. The number of anilines is 1. The predicted octanol–water partition coefficient (Wildman–Crippen LogP) is 2.08. The third-order valence-electron chi connectivity index (χ3n) is 2.17. The molecule has 0 radical (unpaired) electrons. The first-order chi connectivity index (χ1) is 6.98. The number of rotatable bonds is 1. The van der Waals surface area contributed by atoms with Gasteiger partial charge in [-0.3, -0.25) is 0 Å². The van der Waals surface area contributed by atoms with E-state index in [1.165, 1.54) is 18.2 Å². The summed E-state index contributed by atoms with van der Waals surface area (Å²) in [4.78, 5) is -0.347. The van der Waals surface area contributed by atoms with Crippen LogP contribution in [0.2, 0.25) is 0 Å². The second kappa shape index (κ2) is 3.20. The Labute approximate surface area is 86.5 Å². The topological polar surface area (TPSA) is 60.2 Å². The van der Waals surface area contributed by atoms with Gasteiger partial charge in [0.05, 0.1) is 4.90 Å². The molecular formula is C10H8FNO2S. The third-order valence-corrected chi connectivity index (χ3v) is 2.98. The van der Waals surface area contributed by atoms with Crippen molar-refractivity contribution < 1.29 is 12.3 Å². The van der Waals surface area contributed by atoms with Gasteiger partial charge >= 0.3 is 10.2 Å². The van der Waals surface area contributed by atoms with Crippen molar-refractivity contribution in [1.82, 2.24) is 0 Å². The highest BCUT2D eigenvalue weighted by molar-refractivity contribution is 7.86. The van der Waals surface area contributed by atoms with Crippen molar-refractivity contribution in [1.29, 1.82) is 0 Å². The first-order valence-corrected chi connectivity index (χ1v) is 5.60. The highest BCUT2D eigenvalue weighted by atomic mass is 32.3. The summed E-state index contributed by atoms with van der Waals surface area (Å²) in [6, 6.07) is 9.03. The second-order valence-electron chi connectivity index (χ2n) is 3.17. The summed E-state index contributed by atoms with van der Waals surface area (Å²) in [7, 11) is -4.65. The molecule has 0 aliphatic carbocycles. The maximum atomic E-state index is 12.7. The molecule has 0 saturated carbocycles. The largest absolute Gasteiger partial charge is 0.398 e. The quantitative estimate of drug-likeness (QED) is 0.597. The van der Waals surface area contributed by atoms with E-state index < -0.39 is 10.2 Å². The van der Waals surface area contributed by atoms with Crippen LogP contribution in [0.25, 0.3) is 10.8 Å². The van der Waals surface area contributed by atoms with Gasteiger partial charge in [0.2, 0.25) is 0 Å². The molecule has 15 heavy (non-hydrogen) atoms. The summed E-state index contributed by atoms with van der Waals surface area (Å²) in [6.45, 7) is 0. The number of fused-ring (bicyclic) bond motifs is 1. The lowest BCUT2D eigenvalue weighted by atomic mass is 10.1. The molecule has 0 atom stereocenters. The molecule has 2 aromatic rings. The van der Waals surface area contributed by atoms with E-state index in [-0.39, 0.29) is 4.90 Å². The molecule has 0 aromatic heterocycles. The highest BCUT2D eigenvalue weighted by Gasteiger charge is 2.12. The van der Waals surface area contributed by atoms with Crippen LogP contribution in [0.15, 0.2) is 41.3 Å². The Morgan fingerprint density at radius 1 is 1.13 bits per heavy atom. The van der Waals surface area contributed by atoms with Gasteiger partial charge in [0, 0.05) is 11.1 Å². The molecule has 2 rings (SSSR count). The number of hydrogen-bond acceptors (Lipinski definition) is 3. The molecule has 0 bridgehead atoms. The molecule has 0 aliphatic heterocycles. The predicted molar refractivity (Wildman–Crippen MR) is 56.7 cm³/mol. The Kier molecular flexibility index (Phi) is 2.12. The maximum Gasteiger partial charge on any atom is 0.332 e. The van der Waals surface area contributed by atoms with Crippen LogP contribution in [0.3, 0.4) is 0 Å². The Morgan fingerprint density at radius 3 is 2.53 bits per heavy atom. The van der Waals surface area contributed by atoms with Crippen molar-refractivity contribution in [2.75, 3.05) is 5.73 Å². The van der Waals surface area contributed by atoms with Crippen molar-refractivity contribution in [3.8, 4) is 0 Å². The lowest BCUT2D eigenvalue weighted by Crippen LogP contribution is -1.92. The van der Waals surface area contributed by atoms with Gasteiger partial charge in [-0.2, -0.15) is 8.42 Å². The smallest absolute Gasteiger partial charge is 0.332 e. The first-order valence-electron chi connectivity index (χ1n) is 4.21. The van der Waals surface area contributed by atoms with E-state index in [2.05, 4.69) is 0 Å². The minimum atomic E-state index is -4.65. The van der Waals surface area contributed by atoms with Gasteiger partial charge in [-0.25, -0.2) is 0 Å². The average Bonchev–Trinajstić information content (AvgIpc) is 2.16. The summed E-state index contributed by atoms with van der Waals surface area (Å²) in [5.41, 5.74) is 6.21. The Morgan fingerprint density at radius 2 is 1.87 bits per heavy atom. The minimum absolute atomic E-state index is 0.347. The first kappa shape index (κ1) is 9.92. The van der Waals surface area contributed by atoms with Crippen LogP contribution in [0.4, 0.5) is 9.57 Å². The molecule has 5 heteroatoms. The molecule has 0 unspecified atom stereocenters. The molecule has 0 fully saturated rings. The van der Waals surface area contributed by atoms with E-state index in [1.807, 2.05) is 0 Å². The SMILES string of the molecule is Nc1cccc2cc(S(=O)(=O)F)ccc12. The fraction of sp³-hybridized carbons (Fsp3) is 0. The van der Waals surface area contributed by atoms with Gasteiger partial charge in [-0.05, 0) is 23.6 Å². The molecule has 0 aliphatic rings. The molecule has 78 valence electrons. The summed E-state index contributed by atoms with van der Waals surface area (Å²) in [6.07, 6.45) is 0. The molecule has 0 spiro atoms. The van der Waals surface area contributed by atoms with Gasteiger partial charge in [-0.1, -0.05) is 18.2 Å². The number of benzene rings is 2. The molecule has 3 nitrogen and oxygen atoms in total. The summed E-state index contributed by atoms with van der Waals surface area (Å²) in [5, 5.41) is 1.32. The molecular weight excluding hydrogens is 217 g/mol. The van der Waals surface area contributed by atoms with Crippen LogP contribution >= 0.6 is 0 Å². The number of halogens is 1. The lowest BCUT2D eigenvalue weighted by Gasteiger charge is -2.02. The van der Waals surface area contributed by atoms with E-state index in [0.717, 1.165) is 0 Å². The summed E-state index contributed by atoms with van der Waals surface area (Å²) in [5.74, 6) is 0. The molecule has 2 aromatic carbocycles. The van der Waals surface area contributed by atoms with Gasteiger partial charge < -0.3 is 5.73 Å². The minimum Gasteiger partial charge on any atom is -0.398 e. The fourth-order valence-electron chi connectivity index (χ4n) is 1.44. The molecule has 2 N–H and O–H groups in total. The highest BCUT2D eigenvalue weighted by Crippen LogP contribution is 2.24. The van der Waals surface area contributed by atoms with E-state index >= 15 is 0 Å². The van der Waals surface area contributed by atoms with Crippen LogP contribution in [0.1, 0.15) is 0 Å². The third kappa shape index (κ3) is 1.78. The van der Waals surface area contributed by atoms with Crippen molar-refractivity contribution in [3.05, 3.63) is 36.4 Å². The zero-order valence-electron chi connectivity index (χ0n) is 7.64. The van der Waals surface area contributed by atoms with Gasteiger partial charge in [0.1, 0.15) is 0 Å². The van der Waals surface area contributed by atoms with Crippen LogP contribution in [0.5, 0.6) is 0 Å². The van der Waals surface area contributed by atoms with Crippen LogP contribution < -0.4 is 5.73 Å². The fourth-order valence-corrected chi connectivity index (χ4v) is 1.94. The van der Waals surface area contributed by atoms with Crippen molar-refractivity contribution in [2.24, 2.45) is 0 Å². The molecule has 0 saturated heterocycles. The van der Waals surface area contributed by atoms with Crippen molar-refractivity contribution in [3.63, 3.8) is 0 Å². The van der Waals surface area contributed by atoms with E-state index in [1.54, 1.807) is 18.2 Å². The number of nitrogens with two attached hydrogens (primary N) is 1. The zero-order chi connectivity index (χ0) is 11.1. The summed E-state index contributed by atoms with van der Waals surface area (Å²) < 4.78 is 34.0. The zero-order valence-corrected chi connectivity index (χ0v) is 8.46. The second-order valence-corrected chi connectivity index (χ2v) is 4.52. The van der Waals surface area contributed by atoms with E-state index in [4.69, 9.17) is 5.73 Å². The van der Waals surface area contributed by atoms with Crippen molar-refractivity contribution in [2.45, 2.75) is 4.90 Å². The average molecular weight is 225 g/mol. The van der Waals surface area contributed by atoms with Crippen LogP contribution in [-0.4, -0.2) is 8.42 Å². The Hall–Kier alpha value is -1.62. The molecule has 0 amide bonds. The Balaban J connectivity index is 2.79.